The number of carbonyl (C=O) groups excluding carboxylic acids is 1. The minimum absolute atomic E-state index is 0.00699. The highest BCUT2D eigenvalue weighted by Gasteiger charge is 2.38. The average Bonchev–Trinajstić information content (AvgIpc) is 3.44. The third-order valence-corrected chi connectivity index (χ3v) is 5.38. The first-order chi connectivity index (χ1) is 16.5. The lowest BCUT2D eigenvalue weighted by Gasteiger charge is -2.26. The summed E-state index contributed by atoms with van der Waals surface area (Å²) < 4.78 is 57.3. The molecule has 35 heavy (non-hydrogen) atoms. The summed E-state index contributed by atoms with van der Waals surface area (Å²) in [6, 6.07) is 3.18. The number of ether oxygens (including phenoxy) is 2. The van der Waals surface area contributed by atoms with Crippen LogP contribution in [0.15, 0.2) is 34.9 Å². The van der Waals surface area contributed by atoms with E-state index in [-0.39, 0.29) is 29.6 Å². The van der Waals surface area contributed by atoms with Crippen molar-refractivity contribution in [2.24, 2.45) is 0 Å². The van der Waals surface area contributed by atoms with Crippen LogP contribution in [-0.4, -0.2) is 39.9 Å². The van der Waals surface area contributed by atoms with E-state index >= 15 is 0 Å². The monoisotopic (exact) mass is 495 g/mol. The third kappa shape index (κ3) is 7.22. The molecule has 7 nitrogen and oxygen atoms in total. The van der Waals surface area contributed by atoms with Gasteiger partial charge in [0, 0.05) is 12.1 Å². The first kappa shape index (κ1) is 26.6. The fourth-order valence-electron chi connectivity index (χ4n) is 3.71. The molecule has 0 saturated carbocycles. The molecule has 1 aliphatic heterocycles. The second kappa shape index (κ2) is 11.1. The largest absolute Gasteiger partial charge is 0.489 e. The van der Waals surface area contributed by atoms with Gasteiger partial charge in [-0.25, -0.2) is 4.79 Å². The molecule has 1 saturated heterocycles. The molecule has 0 N–H and O–H groups in total. The second-order valence-electron chi connectivity index (χ2n) is 9.42. The molecule has 192 valence electrons. The predicted octanol–water partition coefficient (Wildman–Crippen LogP) is 6.95. The summed E-state index contributed by atoms with van der Waals surface area (Å²) in [4.78, 5) is 18.4. The molecule has 1 fully saturated rings. The molecular formula is C25H32F3N3O4. The lowest BCUT2D eigenvalue weighted by molar-refractivity contribution is -0.138. The third-order valence-electron chi connectivity index (χ3n) is 5.38. The Morgan fingerprint density at radius 1 is 1.26 bits per heavy atom. The SMILES string of the molecule is CCCC/C=C/COc1ccc(-c2noc([C@@H]3CCCN3C(=O)OC(C)(C)C)n2)cc1C(F)(F)F. The van der Waals surface area contributed by atoms with E-state index in [1.165, 1.54) is 17.0 Å². The summed E-state index contributed by atoms with van der Waals surface area (Å²) >= 11 is 0. The molecule has 1 aromatic heterocycles. The summed E-state index contributed by atoms with van der Waals surface area (Å²) in [6.07, 6.45) is 2.73. The van der Waals surface area contributed by atoms with Crippen molar-refractivity contribution in [3.8, 4) is 17.1 Å². The number of likely N-dealkylation sites (tertiary alicyclic amines) is 1. The minimum Gasteiger partial charge on any atom is -0.489 e. The van der Waals surface area contributed by atoms with Gasteiger partial charge in [-0.3, -0.25) is 4.90 Å². The van der Waals surface area contributed by atoms with Gasteiger partial charge in [-0.15, -0.1) is 0 Å². The van der Waals surface area contributed by atoms with Gasteiger partial charge in [0.1, 0.15) is 24.0 Å². The highest BCUT2D eigenvalue weighted by atomic mass is 19.4. The van der Waals surface area contributed by atoms with Gasteiger partial charge in [0.15, 0.2) is 0 Å². The van der Waals surface area contributed by atoms with Crippen LogP contribution in [0.4, 0.5) is 18.0 Å². The fraction of sp³-hybridized carbons (Fsp3) is 0.560. The lowest BCUT2D eigenvalue weighted by Crippen LogP contribution is -2.36. The van der Waals surface area contributed by atoms with Gasteiger partial charge in [0.2, 0.25) is 11.7 Å². The standard InChI is InChI=1S/C25H32F3N3O4/c1-5-6-7-8-9-15-33-20-13-12-17(16-18(20)25(26,27)28)21-29-22(35-30-21)19-11-10-14-31(19)23(32)34-24(2,3)4/h8-9,12-13,16,19H,5-7,10-11,14-15H2,1-4H3/b9-8+/t19-/m0/s1. The molecule has 1 aliphatic rings. The van der Waals surface area contributed by atoms with E-state index in [0.29, 0.717) is 13.0 Å². The number of benzene rings is 1. The molecule has 0 aliphatic carbocycles. The zero-order valence-electron chi connectivity index (χ0n) is 20.5. The first-order valence-corrected chi connectivity index (χ1v) is 11.8. The van der Waals surface area contributed by atoms with Crippen molar-refractivity contribution in [3.05, 3.63) is 41.8 Å². The maximum absolute atomic E-state index is 13.7. The summed E-state index contributed by atoms with van der Waals surface area (Å²) in [5.41, 5.74) is -1.44. The number of aromatic nitrogens is 2. The van der Waals surface area contributed by atoms with Crippen molar-refractivity contribution in [2.75, 3.05) is 13.2 Å². The Balaban J connectivity index is 1.77. The van der Waals surface area contributed by atoms with E-state index in [9.17, 15) is 18.0 Å². The van der Waals surface area contributed by atoms with Crippen LogP contribution in [0.5, 0.6) is 5.75 Å². The van der Waals surface area contributed by atoms with Crippen molar-refractivity contribution in [3.63, 3.8) is 0 Å². The first-order valence-electron chi connectivity index (χ1n) is 11.8. The van der Waals surface area contributed by atoms with E-state index in [1.807, 2.05) is 6.08 Å². The smallest absolute Gasteiger partial charge is 0.419 e. The number of hydrogen-bond donors (Lipinski definition) is 0. The molecule has 2 heterocycles. The van der Waals surface area contributed by atoms with Crippen LogP contribution in [0.1, 0.15) is 77.3 Å². The van der Waals surface area contributed by atoms with Crippen LogP contribution in [0, 0.1) is 0 Å². The zero-order chi connectivity index (χ0) is 25.6. The Hall–Kier alpha value is -3.04. The number of nitrogens with zero attached hydrogens (tertiary/aromatic N) is 3. The molecule has 10 heteroatoms. The summed E-state index contributed by atoms with van der Waals surface area (Å²) in [5, 5.41) is 3.87. The Bertz CT molecular complexity index is 1030. The van der Waals surface area contributed by atoms with Crippen LogP contribution >= 0.6 is 0 Å². The number of unbranched alkanes of at least 4 members (excludes halogenated alkanes) is 2. The number of halogens is 3. The molecule has 1 aromatic carbocycles. The van der Waals surface area contributed by atoms with E-state index in [2.05, 4.69) is 17.1 Å². The Morgan fingerprint density at radius 2 is 2.03 bits per heavy atom. The maximum Gasteiger partial charge on any atom is 0.419 e. The number of allylic oxidation sites excluding steroid dienone is 1. The van der Waals surface area contributed by atoms with E-state index in [4.69, 9.17) is 14.0 Å². The van der Waals surface area contributed by atoms with E-state index in [0.717, 1.165) is 31.7 Å². The van der Waals surface area contributed by atoms with E-state index < -0.39 is 29.5 Å². The van der Waals surface area contributed by atoms with Crippen LogP contribution in [0.25, 0.3) is 11.4 Å². The topological polar surface area (TPSA) is 77.7 Å². The van der Waals surface area contributed by atoms with Gasteiger partial charge in [0.05, 0.1) is 5.56 Å². The molecule has 2 aromatic rings. The van der Waals surface area contributed by atoms with Gasteiger partial charge in [-0.2, -0.15) is 18.2 Å². The Labute approximate surface area is 203 Å². The van der Waals surface area contributed by atoms with Gasteiger partial charge >= 0.3 is 12.3 Å². The molecule has 0 unspecified atom stereocenters. The minimum atomic E-state index is -4.62. The Morgan fingerprint density at radius 3 is 2.71 bits per heavy atom. The fourth-order valence-corrected chi connectivity index (χ4v) is 3.71. The maximum atomic E-state index is 13.7. The van der Waals surface area contributed by atoms with Crippen molar-refractivity contribution < 1.29 is 32.0 Å². The number of carbonyl (C=O) groups is 1. The van der Waals surface area contributed by atoms with Crippen LogP contribution in [0.3, 0.4) is 0 Å². The highest BCUT2D eigenvalue weighted by molar-refractivity contribution is 5.69. The number of amides is 1. The predicted molar refractivity (Wildman–Crippen MR) is 124 cm³/mol. The number of alkyl halides is 3. The number of hydrogen-bond acceptors (Lipinski definition) is 6. The molecule has 1 atom stereocenters. The summed E-state index contributed by atoms with van der Waals surface area (Å²) in [7, 11) is 0. The van der Waals surface area contributed by atoms with Crippen LogP contribution < -0.4 is 4.74 Å². The number of rotatable bonds is 8. The van der Waals surface area contributed by atoms with Gasteiger partial charge in [-0.05, 0) is 58.2 Å². The summed E-state index contributed by atoms with van der Waals surface area (Å²) in [5.74, 6) is -0.0981. The zero-order valence-corrected chi connectivity index (χ0v) is 20.5. The quantitative estimate of drug-likeness (QED) is 0.291. The molecule has 0 radical (unpaired) electrons. The van der Waals surface area contributed by atoms with Gasteiger partial charge in [-0.1, -0.05) is 37.1 Å². The van der Waals surface area contributed by atoms with Crippen molar-refractivity contribution in [2.45, 2.75) is 77.6 Å². The van der Waals surface area contributed by atoms with Crippen molar-refractivity contribution in [1.82, 2.24) is 15.0 Å². The average molecular weight is 496 g/mol. The summed E-state index contributed by atoms with van der Waals surface area (Å²) in [6.45, 7) is 7.90. The van der Waals surface area contributed by atoms with Crippen LogP contribution in [-0.2, 0) is 10.9 Å². The van der Waals surface area contributed by atoms with Crippen molar-refractivity contribution in [1.29, 1.82) is 0 Å². The molecule has 3 rings (SSSR count). The molecule has 1 amide bonds. The highest BCUT2D eigenvalue weighted by Crippen LogP contribution is 2.39. The Kier molecular flexibility index (Phi) is 8.45. The normalized spacial score (nSPS) is 16.8. The van der Waals surface area contributed by atoms with Crippen LogP contribution in [0.2, 0.25) is 0 Å². The molecular weight excluding hydrogens is 463 g/mol. The molecule has 0 spiro atoms. The van der Waals surface area contributed by atoms with E-state index in [1.54, 1.807) is 26.8 Å². The van der Waals surface area contributed by atoms with Crippen molar-refractivity contribution >= 4 is 6.09 Å². The lowest BCUT2D eigenvalue weighted by atomic mass is 10.1. The van der Waals surface area contributed by atoms with Gasteiger partial charge < -0.3 is 14.0 Å². The second-order valence-corrected chi connectivity index (χ2v) is 9.42. The molecule has 0 bridgehead atoms. The van der Waals surface area contributed by atoms with Gasteiger partial charge in [0.25, 0.3) is 0 Å².